The van der Waals surface area contributed by atoms with Crippen molar-refractivity contribution in [1.82, 2.24) is 15.1 Å². The highest BCUT2D eigenvalue weighted by molar-refractivity contribution is 6.07. The summed E-state index contributed by atoms with van der Waals surface area (Å²) < 4.78 is 0. The topological polar surface area (TPSA) is 98.8 Å². The molecule has 3 aliphatic rings. The zero-order valence-electron chi connectivity index (χ0n) is 18.5. The summed E-state index contributed by atoms with van der Waals surface area (Å²) in [5.74, 6) is -0.761. The van der Waals surface area contributed by atoms with E-state index in [4.69, 9.17) is 0 Å². The SMILES string of the molecule is CN1C(=O)NC(=O)[C@@]12Cc1ccc(NC(=O)CN3CCC[C@@H](c4ccccc4)C3=O)cc1C2. The third kappa shape index (κ3) is 3.65. The number of rotatable bonds is 4. The third-order valence-electron chi connectivity index (χ3n) is 7.11. The number of benzene rings is 2. The van der Waals surface area contributed by atoms with Crippen LogP contribution in [0.4, 0.5) is 10.5 Å². The van der Waals surface area contributed by atoms with Gasteiger partial charge in [0.1, 0.15) is 5.54 Å². The second kappa shape index (κ2) is 8.03. The van der Waals surface area contributed by atoms with Crippen molar-refractivity contribution in [2.24, 2.45) is 0 Å². The van der Waals surface area contributed by atoms with E-state index in [1.807, 2.05) is 42.5 Å². The number of likely N-dealkylation sites (tertiary alicyclic amines) is 1. The van der Waals surface area contributed by atoms with Crippen LogP contribution >= 0.6 is 0 Å². The number of anilines is 1. The Labute approximate surface area is 191 Å². The minimum atomic E-state index is -0.894. The van der Waals surface area contributed by atoms with E-state index in [1.54, 1.807) is 18.0 Å². The monoisotopic (exact) mass is 446 g/mol. The van der Waals surface area contributed by atoms with Gasteiger partial charge >= 0.3 is 6.03 Å². The summed E-state index contributed by atoms with van der Waals surface area (Å²) in [5.41, 5.74) is 2.63. The van der Waals surface area contributed by atoms with Crippen LogP contribution in [0.5, 0.6) is 0 Å². The van der Waals surface area contributed by atoms with Crippen molar-refractivity contribution in [2.45, 2.75) is 37.1 Å². The van der Waals surface area contributed by atoms with Gasteiger partial charge in [-0.05, 0) is 41.7 Å². The number of fused-ring (bicyclic) bond motifs is 1. The van der Waals surface area contributed by atoms with E-state index in [2.05, 4.69) is 10.6 Å². The van der Waals surface area contributed by atoms with E-state index in [-0.39, 0.29) is 36.2 Å². The number of nitrogens with zero attached hydrogens (tertiary/aromatic N) is 2. The molecular weight excluding hydrogens is 420 g/mol. The van der Waals surface area contributed by atoms with Crippen LogP contribution in [-0.4, -0.2) is 59.2 Å². The molecule has 1 spiro atoms. The Morgan fingerprint density at radius 1 is 1.09 bits per heavy atom. The Morgan fingerprint density at radius 3 is 2.58 bits per heavy atom. The van der Waals surface area contributed by atoms with Crippen molar-refractivity contribution in [3.8, 4) is 0 Å². The molecule has 2 saturated heterocycles. The van der Waals surface area contributed by atoms with Gasteiger partial charge in [0, 0.05) is 32.1 Å². The molecular formula is C25H26N4O4. The van der Waals surface area contributed by atoms with Gasteiger partial charge in [0.2, 0.25) is 11.8 Å². The average molecular weight is 447 g/mol. The molecule has 2 aromatic rings. The molecule has 8 heteroatoms. The fourth-order valence-corrected chi connectivity index (χ4v) is 5.24. The molecule has 0 bridgehead atoms. The second-order valence-corrected chi connectivity index (χ2v) is 9.10. The van der Waals surface area contributed by atoms with E-state index in [0.717, 1.165) is 29.5 Å². The van der Waals surface area contributed by atoms with Gasteiger partial charge in [0.05, 0.1) is 12.5 Å². The number of carbonyl (C=O) groups excluding carboxylic acids is 4. The van der Waals surface area contributed by atoms with Gasteiger partial charge in [-0.2, -0.15) is 0 Å². The van der Waals surface area contributed by atoms with Crippen LogP contribution in [-0.2, 0) is 27.2 Å². The first-order valence-corrected chi connectivity index (χ1v) is 11.2. The van der Waals surface area contributed by atoms with Crippen LogP contribution < -0.4 is 10.6 Å². The summed E-state index contributed by atoms with van der Waals surface area (Å²) in [5, 5.41) is 5.28. The average Bonchev–Trinajstić information content (AvgIpc) is 3.29. The molecule has 2 N–H and O–H groups in total. The number of amides is 5. The van der Waals surface area contributed by atoms with Gasteiger partial charge in [-0.25, -0.2) is 4.79 Å². The number of likely N-dealkylation sites (N-methyl/N-ethyl adjacent to an activating group) is 1. The Hall–Kier alpha value is -3.68. The van der Waals surface area contributed by atoms with Crippen LogP contribution in [0.25, 0.3) is 0 Å². The number of imide groups is 1. The maximum Gasteiger partial charge on any atom is 0.324 e. The Morgan fingerprint density at radius 2 is 1.85 bits per heavy atom. The number of nitrogens with one attached hydrogen (secondary N) is 2. The summed E-state index contributed by atoms with van der Waals surface area (Å²) in [7, 11) is 1.63. The standard InChI is InChI=1S/C25H26N4O4/c1-28-24(33)27-23(32)25(28)13-17-9-10-19(12-18(17)14-25)26-21(30)15-29-11-5-8-20(22(29)31)16-6-3-2-4-7-16/h2-4,6-7,9-10,12,20H,5,8,11,13-15H2,1H3,(H,26,30)(H,27,32,33)/t20-,25-/m0/s1. The van der Waals surface area contributed by atoms with E-state index < -0.39 is 5.54 Å². The zero-order valence-corrected chi connectivity index (χ0v) is 18.5. The molecule has 2 aromatic carbocycles. The number of hydrogen-bond donors (Lipinski definition) is 2. The van der Waals surface area contributed by atoms with Gasteiger partial charge in [0.25, 0.3) is 5.91 Å². The summed E-state index contributed by atoms with van der Waals surface area (Å²) in [6.07, 6.45) is 2.50. The quantitative estimate of drug-likeness (QED) is 0.703. The molecule has 8 nitrogen and oxygen atoms in total. The predicted octanol–water partition coefficient (Wildman–Crippen LogP) is 2.05. The molecule has 5 rings (SSSR count). The molecule has 170 valence electrons. The molecule has 2 fully saturated rings. The third-order valence-corrected chi connectivity index (χ3v) is 7.11. The highest BCUT2D eigenvalue weighted by Crippen LogP contribution is 2.38. The van der Waals surface area contributed by atoms with Gasteiger partial charge in [-0.3, -0.25) is 19.7 Å². The Balaban J connectivity index is 1.25. The molecule has 1 aliphatic carbocycles. The maximum atomic E-state index is 13.0. The molecule has 0 saturated carbocycles. The fourth-order valence-electron chi connectivity index (χ4n) is 5.24. The van der Waals surface area contributed by atoms with Crippen LogP contribution in [0.3, 0.4) is 0 Å². The lowest BCUT2D eigenvalue weighted by atomic mass is 9.90. The molecule has 2 aliphatic heterocycles. The van der Waals surface area contributed by atoms with Crippen molar-refractivity contribution in [2.75, 3.05) is 25.5 Å². The van der Waals surface area contributed by atoms with Crippen LogP contribution in [0.15, 0.2) is 48.5 Å². The number of carbonyl (C=O) groups is 4. The summed E-state index contributed by atoms with van der Waals surface area (Å²) in [4.78, 5) is 53.2. The molecule has 2 atom stereocenters. The maximum absolute atomic E-state index is 13.0. The van der Waals surface area contributed by atoms with E-state index >= 15 is 0 Å². The van der Waals surface area contributed by atoms with Crippen LogP contribution in [0.2, 0.25) is 0 Å². The summed E-state index contributed by atoms with van der Waals surface area (Å²) >= 11 is 0. The van der Waals surface area contributed by atoms with Crippen molar-refractivity contribution < 1.29 is 19.2 Å². The fraction of sp³-hybridized carbons (Fsp3) is 0.360. The summed E-state index contributed by atoms with van der Waals surface area (Å²) in [6.45, 7) is 0.570. The molecule has 33 heavy (non-hydrogen) atoms. The first kappa shape index (κ1) is 21.2. The van der Waals surface area contributed by atoms with Gasteiger partial charge < -0.3 is 15.1 Å². The smallest absolute Gasteiger partial charge is 0.324 e. The lowest BCUT2D eigenvalue weighted by molar-refractivity contribution is -0.138. The van der Waals surface area contributed by atoms with Gasteiger partial charge in [-0.1, -0.05) is 36.4 Å². The van der Waals surface area contributed by atoms with E-state index in [0.29, 0.717) is 25.1 Å². The zero-order chi connectivity index (χ0) is 23.2. The Bertz CT molecular complexity index is 1150. The first-order valence-electron chi connectivity index (χ1n) is 11.2. The predicted molar refractivity (Wildman–Crippen MR) is 122 cm³/mol. The molecule has 2 heterocycles. The van der Waals surface area contributed by atoms with E-state index in [1.165, 1.54) is 4.90 Å². The van der Waals surface area contributed by atoms with Crippen molar-refractivity contribution in [3.63, 3.8) is 0 Å². The van der Waals surface area contributed by atoms with Crippen molar-refractivity contribution in [1.29, 1.82) is 0 Å². The Kier molecular flexibility index (Phi) is 5.15. The largest absolute Gasteiger partial charge is 0.333 e. The van der Waals surface area contributed by atoms with Crippen molar-refractivity contribution in [3.05, 3.63) is 65.2 Å². The molecule has 5 amide bonds. The van der Waals surface area contributed by atoms with Crippen molar-refractivity contribution >= 4 is 29.4 Å². The lowest BCUT2D eigenvalue weighted by Crippen LogP contribution is -2.48. The van der Waals surface area contributed by atoms with Gasteiger partial charge in [0.15, 0.2) is 0 Å². The van der Waals surface area contributed by atoms with E-state index in [9.17, 15) is 19.2 Å². The number of hydrogen-bond acceptors (Lipinski definition) is 4. The molecule has 0 unspecified atom stereocenters. The second-order valence-electron chi connectivity index (χ2n) is 9.10. The minimum Gasteiger partial charge on any atom is -0.333 e. The number of piperidine rings is 1. The minimum absolute atomic E-state index is 0.00281. The van der Waals surface area contributed by atoms with Crippen LogP contribution in [0.1, 0.15) is 35.4 Å². The normalized spacial score (nSPS) is 24.3. The molecule has 0 aromatic heterocycles. The summed E-state index contributed by atoms with van der Waals surface area (Å²) in [6, 6.07) is 14.9. The van der Waals surface area contributed by atoms with Gasteiger partial charge in [-0.15, -0.1) is 0 Å². The first-order chi connectivity index (χ1) is 15.9. The number of urea groups is 1. The van der Waals surface area contributed by atoms with Crippen LogP contribution in [0, 0.1) is 0 Å². The molecule has 0 radical (unpaired) electrons. The highest BCUT2D eigenvalue weighted by atomic mass is 16.2. The highest BCUT2D eigenvalue weighted by Gasteiger charge is 2.54. The lowest BCUT2D eigenvalue weighted by Gasteiger charge is -2.32.